The van der Waals surface area contributed by atoms with E-state index in [1.165, 1.54) is 0 Å². The molecule has 0 aromatic carbocycles. The third-order valence-corrected chi connectivity index (χ3v) is 2.52. The molecule has 0 fully saturated rings. The van der Waals surface area contributed by atoms with Crippen molar-refractivity contribution < 1.29 is 9.59 Å². The zero-order chi connectivity index (χ0) is 12.1. The van der Waals surface area contributed by atoms with Crippen LogP contribution in [0.5, 0.6) is 0 Å². The zero-order valence-electron chi connectivity index (χ0n) is 9.62. The molecule has 16 heavy (non-hydrogen) atoms. The number of nitrogens with two attached hydrogens (primary N) is 1. The molecule has 0 saturated carbocycles. The minimum Gasteiger partial charge on any atom is -0.349 e. The number of hydrogen-bond donors (Lipinski definition) is 3. The monoisotopic (exact) mass is 226 g/mol. The van der Waals surface area contributed by atoms with E-state index in [0.29, 0.717) is 31.0 Å². The van der Waals surface area contributed by atoms with Crippen molar-refractivity contribution in [1.29, 1.82) is 0 Å². The van der Waals surface area contributed by atoms with Gasteiger partial charge in [0.05, 0.1) is 0 Å². The summed E-state index contributed by atoms with van der Waals surface area (Å²) in [6, 6.07) is -0.0669. The Balaban J connectivity index is 2.38. The molecule has 0 aromatic rings. The van der Waals surface area contributed by atoms with E-state index >= 15 is 0 Å². The average Bonchev–Trinajstić information content (AvgIpc) is 2.26. The highest BCUT2D eigenvalue weighted by molar-refractivity contribution is 6.39. The van der Waals surface area contributed by atoms with Gasteiger partial charge in [-0.3, -0.25) is 9.59 Å². The Bertz CT molecular complexity index is 312. The van der Waals surface area contributed by atoms with Crippen molar-refractivity contribution in [2.24, 2.45) is 16.8 Å². The van der Waals surface area contributed by atoms with Crippen molar-refractivity contribution >= 4 is 17.5 Å². The summed E-state index contributed by atoms with van der Waals surface area (Å²) in [6.45, 7) is 4.41. The largest absolute Gasteiger partial charge is 0.349 e. The Labute approximate surface area is 94.6 Å². The van der Waals surface area contributed by atoms with Crippen LogP contribution in [0.1, 0.15) is 26.7 Å². The molecule has 1 rings (SSSR count). The zero-order valence-corrected chi connectivity index (χ0v) is 9.62. The van der Waals surface area contributed by atoms with E-state index in [0.717, 1.165) is 0 Å². The van der Waals surface area contributed by atoms with Crippen LogP contribution < -0.4 is 16.5 Å². The van der Waals surface area contributed by atoms with Crippen LogP contribution in [0.3, 0.4) is 0 Å². The van der Waals surface area contributed by atoms with Crippen molar-refractivity contribution in [3.05, 3.63) is 0 Å². The fourth-order valence-electron chi connectivity index (χ4n) is 1.19. The molecule has 0 aliphatic carbocycles. The first-order valence-electron chi connectivity index (χ1n) is 5.40. The first-order valence-corrected chi connectivity index (χ1v) is 5.40. The molecule has 0 spiro atoms. The Hall–Kier alpha value is -1.43. The van der Waals surface area contributed by atoms with Crippen LogP contribution in [-0.4, -0.2) is 30.1 Å². The molecule has 4 N–H and O–H groups in total. The molecular weight excluding hydrogens is 208 g/mol. The molecule has 1 unspecified atom stereocenters. The van der Waals surface area contributed by atoms with Gasteiger partial charge in [0.25, 0.3) is 5.91 Å². The summed E-state index contributed by atoms with van der Waals surface area (Å²) in [5.74, 6) is -0.0974. The molecule has 1 aliphatic heterocycles. The molecule has 1 atom stereocenters. The molecule has 0 bridgehead atoms. The van der Waals surface area contributed by atoms with Crippen LogP contribution in [0.25, 0.3) is 0 Å². The highest BCUT2D eigenvalue weighted by atomic mass is 16.2. The molecule has 1 heterocycles. The molecule has 90 valence electrons. The second-order valence-electron chi connectivity index (χ2n) is 4.21. The van der Waals surface area contributed by atoms with E-state index in [4.69, 9.17) is 5.73 Å². The van der Waals surface area contributed by atoms with Crippen molar-refractivity contribution in [1.82, 2.24) is 10.7 Å². The molecule has 6 nitrogen and oxygen atoms in total. The van der Waals surface area contributed by atoms with Crippen molar-refractivity contribution in [2.45, 2.75) is 32.7 Å². The van der Waals surface area contributed by atoms with Gasteiger partial charge in [0.15, 0.2) is 0 Å². The van der Waals surface area contributed by atoms with Crippen LogP contribution in [0.15, 0.2) is 5.10 Å². The van der Waals surface area contributed by atoms with Gasteiger partial charge in [0.2, 0.25) is 5.91 Å². The fourth-order valence-corrected chi connectivity index (χ4v) is 1.19. The van der Waals surface area contributed by atoms with E-state index in [9.17, 15) is 9.59 Å². The summed E-state index contributed by atoms with van der Waals surface area (Å²) in [4.78, 5) is 22.4. The summed E-state index contributed by atoms with van der Waals surface area (Å²) in [6.07, 6.45) is 0.692. The SMILES string of the molecule is CC(C)C(N)CNC(=O)C1=NNC(=O)CC1. The maximum Gasteiger partial charge on any atom is 0.267 e. The first-order chi connectivity index (χ1) is 7.50. The second-order valence-corrected chi connectivity index (χ2v) is 4.21. The highest BCUT2D eigenvalue weighted by Crippen LogP contribution is 2.00. The first kappa shape index (κ1) is 12.6. The van der Waals surface area contributed by atoms with E-state index < -0.39 is 0 Å². The van der Waals surface area contributed by atoms with E-state index in [1.807, 2.05) is 13.8 Å². The molecule has 2 amide bonds. The number of rotatable bonds is 4. The van der Waals surface area contributed by atoms with Gasteiger partial charge in [0.1, 0.15) is 5.71 Å². The van der Waals surface area contributed by atoms with Crippen LogP contribution in [-0.2, 0) is 9.59 Å². The lowest BCUT2D eigenvalue weighted by molar-refractivity contribution is -0.121. The van der Waals surface area contributed by atoms with E-state index in [-0.39, 0.29) is 17.9 Å². The summed E-state index contributed by atoms with van der Waals surface area (Å²) in [5.41, 5.74) is 8.43. The minimum absolute atomic E-state index is 0.0669. The third-order valence-electron chi connectivity index (χ3n) is 2.52. The fraction of sp³-hybridized carbons (Fsp3) is 0.700. The molecule has 0 aromatic heterocycles. The second kappa shape index (κ2) is 5.60. The Kier molecular flexibility index (Phi) is 4.42. The summed E-state index contributed by atoms with van der Waals surface area (Å²) < 4.78 is 0. The number of hydrazone groups is 1. The third kappa shape index (κ3) is 3.62. The molecule has 1 aliphatic rings. The topological polar surface area (TPSA) is 96.6 Å². The number of carbonyl (C=O) groups excluding carboxylic acids is 2. The number of nitrogens with zero attached hydrogens (tertiary/aromatic N) is 1. The number of carbonyl (C=O) groups is 2. The maximum atomic E-state index is 11.6. The summed E-state index contributed by atoms with van der Waals surface area (Å²) >= 11 is 0. The van der Waals surface area contributed by atoms with Crippen molar-refractivity contribution in [3.63, 3.8) is 0 Å². The molecular formula is C10H18N4O2. The Morgan fingerprint density at radius 1 is 1.56 bits per heavy atom. The predicted octanol–water partition coefficient (Wildman–Crippen LogP) is -0.648. The van der Waals surface area contributed by atoms with Gasteiger partial charge in [0, 0.05) is 25.4 Å². The Morgan fingerprint density at radius 3 is 2.75 bits per heavy atom. The standard InChI is InChI=1S/C10H18N4O2/c1-6(2)7(11)5-12-10(16)8-3-4-9(15)14-13-8/h6-7H,3-5,11H2,1-2H3,(H,12,16)(H,14,15). The lowest BCUT2D eigenvalue weighted by Gasteiger charge is -2.17. The summed E-state index contributed by atoms with van der Waals surface area (Å²) in [5, 5.41) is 6.40. The highest BCUT2D eigenvalue weighted by Gasteiger charge is 2.18. The molecule has 0 radical (unpaired) electrons. The normalized spacial score (nSPS) is 17.8. The van der Waals surface area contributed by atoms with E-state index in [1.54, 1.807) is 0 Å². The van der Waals surface area contributed by atoms with Crippen LogP contribution >= 0.6 is 0 Å². The molecule has 0 saturated heterocycles. The van der Waals surface area contributed by atoms with Gasteiger partial charge in [-0.2, -0.15) is 5.10 Å². The number of amides is 2. The lowest BCUT2D eigenvalue weighted by Crippen LogP contribution is -2.44. The van der Waals surface area contributed by atoms with Gasteiger partial charge >= 0.3 is 0 Å². The average molecular weight is 226 g/mol. The van der Waals surface area contributed by atoms with Crippen LogP contribution in [0.2, 0.25) is 0 Å². The summed E-state index contributed by atoms with van der Waals surface area (Å²) in [7, 11) is 0. The lowest BCUT2D eigenvalue weighted by atomic mass is 10.1. The van der Waals surface area contributed by atoms with Gasteiger partial charge in [-0.25, -0.2) is 5.43 Å². The minimum atomic E-state index is -0.254. The predicted molar refractivity (Wildman–Crippen MR) is 60.6 cm³/mol. The van der Waals surface area contributed by atoms with E-state index in [2.05, 4.69) is 15.8 Å². The van der Waals surface area contributed by atoms with Crippen LogP contribution in [0.4, 0.5) is 0 Å². The van der Waals surface area contributed by atoms with Gasteiger partial charge in [-0.15, -0.1) is 0 Å². The van der Waals surface area contributed by atoms with Crippen molar-refractivity contribution in [2.75, 3.05) is 6.54 Å². The van der Waals surface area contributed by atoms with Crippen LogP contribution in [0, 0.1) is 5.92 Å². The maximum absolute atomic E-state index is 11.6. The Morgan fingerprint density at radius 2 is 2.25 bits per heavy atom. The van der Waals surface area contributed by atoms with Gasteiger partial charge in [-0.1, -0.05) is 13.8 Å². The van der Waals surface area contributed by atoms with Gasteiger partial charge in [-0.05, 0) is 5.92 Å². The molecule has 6 heteroatoms. The number of hydrogen-bond acceptors (Lipinski definition) is 4. The van der Waals surface area contributed by atoms with Crippen molar-refractivity contribution in [3.8, 4) is 0 Å². The number of nitrogens with one attached hydrogen (secondary N) is 2. The van der Waals surface area contributed by atoms with Gasteiger partial charge < -0.3 is 11.1 Å². The quantitative estimate of drug-likeness (QED) is 0.594. The smallest absolute Gasteiger partial charge is 0.267 e.